The van der Waals surface area contributed by atoms with E-state index in [2.05, 4.69) is 74.6 Å². The maximum atomic E-state index is 12.7. The molecule has 462 valence electrons. The maximum absolute atomic E-state index is 12.7. The minimum Gasteiger partial charge on any atom is -0.462 e. The molecule has 3 N–H and O–H groups in total. The third-order valence-corrected chi connectivity index (χ3v) is 15.9. The molecule has 0 bridgehead atoms. The van der Waals surface area contributed by atoms with Gasteiger partial charge in [0.2, 0.25) is 0 Å². The standard InChI is InChI=1S/C69H128NO8P/c1-3-5-7-9-11-13-15-17-19-21-23-25-27-28-29-30-31-32-33-34-35-36-37-38-40-41-43-45-47-49-51-53-55-57-59-61-68(71)75-65-67(66-77-79(73,74)76-64-63-70)78-69(72)62-60-58-56-54-52-50-48-46-44-42-39-26-24-22-20-18-16-14-12-10-8-6-4-2/h15-18,21-24,39,42,67H,3-14,19-20,25-38,40-41,43-66,70H2,1-2H3,(H,73,74)/b17-15-,18-16-,23-21-,24-22-,42-39-. The zero-order valence-corrected chi connectivity index (χ0v) is 52.8. The monoisotopic (exact) mass is 1130 g/mol. The smallest absolute Gasteiger partial charge is 0.462 e. The van der Waals surface area contributed by atoms with E-state index in [0.29, 0.717) is 6.42 Å². The molecule has 2 atom stereocenters. The van der Waals surface area contributed by atoms with Crippen molar-refractivity contribution in [1.29, 1.82) is 0 Å². The first kappa shape index (κ1) is 76.7. The number of carbonyl (C=O) groups is 2. The van der Waals surface area contributed by atoms with Crippen LogP contribution in [0.25, 0.3) is 0 Å². The van der Waals surface area contributed by atoms with Crippen LogP contribution in [0.15, 0.2) is 60.8 Å². The van der Waals surface area contributed by atoms with Crippen molar-refractivity contribution in [3.63, 3.8) is 0 Å². The Labute approximate surface area is 489 Å². The van der Waals surface area contributed by atoms with Crippen molar-refractivity contribution in [2.45, 2.75) is 341 Å². The van der Waals surface area contributed by atoms with Crippen molar-refractivity contribution >= 4 is 19.8 Å². The molecule has 10 heteroatoms. The Morgan fingerprint density at radius 2 is 0.658 bits per heavy atom. The average Bonchev–Trinajstić information content (AvgIpc) is 3.44. The lowest BCUT2D eigenvalue weighted by Gasteiger charge is -2.19. The molecule has 0 aliphatic heterocycles. The van der Waals surface area contributed by atoms with Gasteiger partial charge in [-0.25, -0.2) is 4.57 Å². The molecule has 9 nitrogen and oxygen atoms in total. The van der Waals surface area contributed by atoms with Crippen LogP contribution in [0.5, 0.6) is 0 Å². The van der Waals surface area contributed by atoms with Crippen LogP contribution >= 0.6 is 7.82 Å². The third kappa shape index (κ3) is 64.7. The minimum atomic E-state index is -4.39. The second-order valence-corrected chi connectivity index (χ2v) is 24.1. The molecule has 0 aromatic heterocycles. The number of allylic oxidation sites excluding steroid dienone is 10. The molecule has 0 aromatic carbocycles. The van der Waals surface area contributed by atoms with Crippen LogP contribution in [-0.2, 0) is 32.7 Å². The number of carbonyl (C=O) groups excluding carboxylic acids is 2. The number of unbranched alkanes of at least 4 members (excludes halogenated alkanes) is 41. The van der Waals surface area contributed by atoms with E-state index in [9.17, 15) is 19.0 Å². The Morgan fingerprint density at radius 3 is 0.975 bits per heavy atom. The lowest BCUT2D eigenvalue weighted by molar-refractivity contribution is -0.161. The molecule has 0 saturated heterocycles. The predicted molar refractivity (Wildman–Crippen MR) is 340 cm³/mol. The summed E-state index contributed by atoms with van der Waals surface area (Å²) in [5.74, 6) is -0.822. The predicted octanol–water partition coefficient (Wildman–Crippen LogP) is 21.9. The number of phosphoric acid groups is 1. The van der Waals surface area contributed by atoms with Gasteiger partial charge in [0.25, 0.3) is 0 Å². The molecular formula is C69H128NO8P. The number of hydrogen-bond acceptors (Lipinski definition) is 8. The first-order valence-corrected chi connectivity index (χ1v) is 35.3. The van der Waals surface area contributed by atoms with Crippen molar-refractivity contribution < 1.29 is 37.6 Å². The summed E-state index contributed by atoms with van der Waals surface area (Å²) in [6.45, 7) is 3.76. The average molecular weight is 1130 g/mol. The third-order valence-electron chi connectivity index (χ3n) is 14.9. The van der Waals surface area contributed by atoms with Gasteiger partial charge in [-0.1, -0.05) is 299 Å². The number of nitrogens with two attached hydrogens (primary N) is 1. The molecule has 0 radical (unpaired) electrons. The van der Waals surface area contributed by atoms with Gasteiger partial charge in [0.15, 0.2) is 6.10 Å². The summed E-state index contributed by atoms with van der Waals surface area (Å²) in [5.41, 5.74) is 5.39. The van der Waals surface area contributed by atoms with E-state index in [1.807, 2.05) is 0 Å². The fourth-order valence-corrected chi connectivity index (χ4v) is 10.6. The Kier molecular flexibility index (Phi) is 63.0. The zero-order chi connectivity index (χ0) is 57.3. The molecule has 0 spiro atoms. The van der Waals surface area contributed by atoms with Gasteiger partial charge in [-0.3, -0.25) is 18.6 Å². The van der Waals surface area contributed by atoms with Gasteiger partial charge in [-0.05, 0) is 83.5 Å². The summed E-state index contributed by atoms with van der Waals surface area (Å²) < 4.78 is 33.1. The molecule has 0 aromatic rings. The number of ether oxygens (including phenoxy) is 2. The maximum Gasteiger partial charge on any atom is 0.472 e. The number of rotatable bonds is 64. The summed E-state index contributed by atoms with van der Waals surface area (Å²) in [6, 6.07) is 0. The number of phosphoric ester groups is 1. The Balaban J connectivity index is 3.84. The van der Waals surface area contributed by atoms with Gasteiger partial charge >= 0.3 is 19.8 Å². The molecule has 0 saturated carbocycles. The largest absolute Gasteiger partial charge is 0.472 e. The second kappa shape index (κ2) is 64.9. The summed E-state index contributed by atoms with van der Waals surface area (Å²) >= 11 is 0. The summed E-state index contributed by atoms with van der Waals surface area (Å²) in [7, 11) is -4.39. The Bertz CT molecular complexity index is 1480. The van der Waals surface area contributed by atoms with Gasteiger partial charge in [-0.2, -0.15) is 0 Å². The van der Waals surface area contributed by atoms with E-state index in [1.165, 1.54) is 238 Å². The fourth-order valence-electron chi connectivity index (χ4n) is 9.85. The quantitative estimate of drug-likeness (QED) is 0.0264. The van der Waals surface area contributed by atoms with E-state index in [0.717, 1.165) is 64.2 Å². The highest BCUT2D eigenvalue weighted by molar-refractivity contribution is 7.47. The lowest BCUT2D eigenvalue weighted by Crippen LogP contribution is -2.29. The van der Waals surface area contributed by atoms with Crippen molar-refractivity contribution in [2.24, 2.45) is 5.73 Å². The minimum absolute atomic E-state index is 0.0518. The van der Waals surface area contributed by atoms with Crippen molar-refractivity contribution in [3.8, 4) is 0 Å². The van der Waals surface area contributed by atoms with E-state index < -0.39 is 26.5 Å². The second-order valence-electron chi connectivity index (χ2n) is 22.7. The van der Waals surface area contributed by atoms with Crippen LogP contribution in [0.4, 0.5) is 0 Å². The molecule has 0 amide bonds. The summed E-state index contributed by atoms with van der Waals surface area (Å²) in [5, 5.41) is 0. The van der Waals surface area contributed by atoms with E-state index in [4.69, 9.17) is 24.3 Å². The molecular weight excluding hydrogens is 1000 g/mol. The van der Waals surface area contributed by atoms with Gasteiger partial charge < -0.3 is 20.1 Å². The highest BCUT2D eigenvalue weighted by Crippen LogP contribution is 2.43. The summed E-state index contributed by atoms with van der Waals surface area (Å²) in [4.78, 5) is 35.3. The summed E-state index contributed by atoms with van der Waals surface area (Å²) in [6.07, 6.45) is 83.1. The van der Waals surface area contributed by atoms with Gasteiger partial charge in [0.05, 0.1) is 13.2 Å². The first-order valence-electron chi connectivity index (χ1n) is 33.8. The van der Waals surface area contributed by atoms with Gasteiger partial charge in [-0.15, -0.1) is 0 Å². The highest BCUT2D eigenvalue weighted by Gasteiger charge is 2.26. The molecule has 0 aliphatic rings. The Morgan fingerprint density at radius 1 is 0.380 bits per heavy atom. The Hall–Kier alpha value is -2.29. The lowest BCUT2D eigenvalue weighted by atomic mass is 10.0. The van der Waals surface area contributed by atoms with E-state index >= 15 is 0 Å². The SMILES string of the molecule is CCCCCCC/C=C\C/C=C\C/C=C\CCCCCCCCCCC(=O)OC(COC(=O)CCCCCCCCCCCCCCCCCCCCCCCCC/C=C\C/C=C\CCCCCCC)COP(=O)(O)OCCN. The van der Waals surface area contributed by atoms with Crippen LogP contribution in [0, 0.1) is 0 Å². The van der Waals surface area contributed by atoms with Crippen LogP contribution in [0.3, 0.4) is 0 Å². The normalized spacial score (nSPS) is 13.3. The molecule has 2 unspecified atom stereocenters. The van der Waals surface area contributed by atoms with Crippen LogP contribution in [0.2, 0.25) is 0 Å². The van der Waals surface area contributed by atoms with Crippen LogP contribution in [-0.4, -0.2) is 49.3 Å². The first-order chi connectivity index (χ1) is 38.8. The number of esters is 2. The van der Waals surface area contributed by atoms with Gasteiger partial charge in [0.1, 0.15) is 6.61 Å². The van der Waals surface area contributed by atoms with Crippen LogP contribution in [0.1, 0.15) is 335 Å². The number of hydrogen-bond donors (Lipinski definition) is 2. The highest BCUT2D eigenvalue weighted by atomic mass is 31.2. The molecule has 0 rings (SSSR count). The van der Waals surface area contributed by atoms with Crippen molar-refractivity contribution in [1.82, 2.24) is 0 Å². The topological polar surface area (TPSA) is 134 Å². The van der Waals surface area contributed by atoms with Crippen molar-refractivity contribution in [3.05, 3.63) is 60.8 Å². The molecule has 0 heterocycles. The zero-order valence-electron chi connectivity index (χ0n) is 51.9. The van der Waals surface area contributed by atoms with E-state index in [1.54, 1.807) is 0 Å². The van der Waals surface area contributed by atoms with Crippen LogP contribution < -0.4 is 5.73 Å². The van der Waals surface area contributed by atoms with Gasteiger partial charge in [0, 0.05) is 19.4 Å². The molecule has 0 aliphatic carbocycles. The molecule has 79 heavy (non-hydrogen) atoms. The van der Waals surface area contributed by atoms with Crippen molar-refractivity contribution in [2.75, 3.05) is 26.4 Å². The van der Waals surface area contributed by atoms with E-state index in [-0.39, 0.29) is 38.6 Å². The fraction of sp³-hybridized carbons (Fsp3) is 0.826. The molecule has 0 fully saturated rings.